The van der Waals surface area contributed by atoms with Gasteiger partial charge in [-0.1, -0.05) is 12.1 Å². The van der Waals surface area contributed by atoms with Crippen molar-refractivity contribution in [2.75, 3.05) is 6.26 Å². The van der Waals surface area contributed by atoms with Crippen LogP contribution in [0.15, 0.2) is 29.2 Å². The second-order valence-corrected chi connectivity index (χ2v) is 6.43. The molecule has 1 heterocycles. The Labute approximate surface area is 115 Å². The average Bonchev–Trinajstić information content (AvgIpc) is 2.84. The zero-order valence-electron chi connectivity index (χ0n) is 10.2. The number of aryl methyl sites for hydroxylation is 1. The molecule has 0 radical (unpaired) electrons. The molecule has 2 nitrogen and oxygen atoms in total. The lowest BCUT2D eigenvalue weighted by Crippen LogP contribution is -2.07. The summed E-state index contributed by atoms with van der Waals surface area (Å²) in [7, 11) is 0. The number of fused-ring (bicyclic) bond motifs is 1. The topological polar surface area (TPSA) is 33.1 Å². The second kappa shape index (κ2) is 5.03. The number of thiazole rings is 1. The van der Waals surface area contributed by atoms with Crippen molar-refractivity contribution < 1.29 is 5.11 Å². The summed E-state index contributed by atoms with van der Waals surface area (Å²) in [5, 5.41) is 11.0. The highest BCUT2D eigenvalue weighted by Gasteiger charge is 2.23. The van der Waals surface area contributed by atoms with Crippen LogP contribution >= 0.6 is 23.1 Å². The number of benzene rings is 1. The Morgan fingerprint density at radius 3 is 2.78 bits per heavy atom. The van der Waals surface area contributed by atoms with E-state index < -0.39 is 0 Å². The third-order valence-electron chi connectivity index (χ3n) is 3.26. The summed E-state index contributed by atoms with van der Waals surface area (Å²) in [6, 6.07) is 8.47. The molecular formula is C14H15NOS2. The van der Waals surface area contributed by atoms with E-state index >= 15 is 0 Å². The zero-order chi connectivity index (χ0) is 12.5. The number of rotatable bonds is 2. The Morgan fingerprint density at radius 1 is 1.33 bits per heavy atom. The highest BCUT2D eigenvalue weighted by atomic mass is 32.2. The van der Waals surface area contributed by atoms with Crippen molar-refractivity contribution in [3.63, 3.8) is 0 Å². The van der Waals surface area contributed by atoms with Crippen molar-refractivity contribution >= 4 is 23.1 Å². The fraction of sp³-hybridized carbons (Fsp3) is 0.357. The van der Waals surface area contributed by atoms with Crippen LogP contribution in [0, 0.1) is 0 Å². The second-order valence-electron chi connectivity index (χ2n) is 4.46. The van der Waals surface area contributed by atoms with Gasteiger partial charge in [0.05, 0.1) is 11.8 Å². The molecule has 0 fully saturated rings. The first-order chi connectivity index (χ1) is 8.78. The van der Waals surface area contributed by atoms with E-state index in [0.717, 1.165) is 35.5 Å². The summed E-state index contributed by atoms with van der Waals surface area (Å²) >= 11 is 3.47. The number of nitrogens with zero attached hydrogens (tertiary/aromatic N) is 1. The van der Waals surface area contributed by atoms with Crippen LogP contribution in [0.2, 0.25) is 0 Å². The van der Waals surface area contributed by atoms with Crippen LogP contribution in [0.1, 0.15) is 29.5 Å². The predicted molar refractivity (Wildman–Crippen MR) is 77.2 cm³/mol. The van der Waals surface area contributed by atoms with Crippen molar-refractivity contribution in [2.24, 2.45) is 0 Å². The predicted octanol–water partition coefficient (Wildman–Crippen LogP) is 3.90. The van der Waals surface area contributed by atoms with Crippen LogP contribution < -0.4 is 0 Å². The Bertz CT molecular complexity index is 547. The molecule has 1 unspecified atom stereocenters. The minimum Gasteiger partial charge on any atom is -0.387 e. The number of aromatic nitrogens is 1. The van der Waals surface area contributed by atoms with Gasteiger partial charge in [0.1, 0.15) is 5.01 Å². The van der Waals surface area contributed by atoms with E-state index in [4.69, 9.17) is 0 Å². The molecule has 1 atom stereocenters. The molecule has 0 spiro atoms. The van der Waals surface area contributed by atoms with Gasteiger partial charge in [-0.2, -0.15) is 0 Å². The summed E-state index contributed by atoms with van der Waals surface area (Å²) in [6.45, 7) is 0. The maximum Gasteiger partial charge on any atom is 0.123 e. The van der Waals surface area contributed by atoms with Crippen LogP contribution in [-0.2, 0) is 6.42 Å². The number of aliphatic hydroxyl groups excluding tert-OH is 1. The van der Waals surface area contributed by atoms with Crippen molar-refractivity contribution in [3.8, 4) is 10.6 Å². The third-order valence-corrected chi connectivity index (χ3v) is 5.19. The molecule has 1 aromatic carbocycles. The van der Waals surface area contributed by atoms with Gasteiger partial charge in [-0.05, 0) is 37.7 Å². The summed E-state index contributed by atoms with van der Waals surface area (Å²) in [6.07, 6.45) is 4.70. The van der Waals surface area contributed by atoms with Crippen molar-refractivity contribution in [3.05, 3.63) is 34.8 Å². The Hall–Kier alpha value is -0.840. The number of aliphatic hydroxyl groups is 1. The van der Waals surface area contributed by atoms with Gasteiger partial charge in [-0.25, -0.2) is 4.98 Å². The molecule has 4 heteroatoms. The summed E-state index contributed by atoms with van der Waals surface area (Å²) < 4.78 is 0. The summed E-state index contributed by atoms with van der Waals surface area (Å²) in [4.78, 5) is 7.14. The van der Waals surface area contributed by atoms with E-state index in [1.807, 2.05) is 0 Å². The van der Waals surface area contributed by atoms with Gasteiger partial charge < -0.3 is 5.11 Å². The Kier molecular flexibility index (Phi) is 3.41. The highest BCUT2D eigenvalue weighted by molar-refractivity contribution is 7.98. The minimum atomic E-state index is -0.357. The molecule has 0 aliphatic heterocycles. The fourth-order valence-electron chi connectivity index (χ4n) is 2.25. The van der Waals surface area contributed by atoms with E-state index in [0.29, 0.717) is 0 Å². The lowest BCUT2D eigenvalue weighted by molar-refractivity contribution is 0.153. The molecule has 0 saturated carbocycles. The molecule has 1 aromatic heterocycles. The van der Waals surface area contributed by atoms with E-state index in [-0.39, 0.29) is 6.10 Å². The van der Waals surface area contributed by atoms with Gasteiger partial charge in [0.25, 0.3) is 0 Å². The van der Waals surface area contributed by atoms with Gasteiger partial charge in [-0.3, -0.25) is 0 Å². The van der Waals surface area contributed by atoms with E-state index in [1.165, 1.54) is 9.77 Å². The third kappa shape index (κ3) is 2.20. The van der Waals surface area contributed by atoms with Crippen LogP contribution in [0.5, 0.6) is 0 Å². The van der Waals surface area contributed by atoms with Crippen LogP contribution in [0.4, 0.5) is 0 Å². The molecule has 2 aromatic rings. The molecule has 1 aliphatic carbocycles. The largest absolute Gasteiger partial charge is 0.387 e. The van der Waals surface area contributed by atoms with Crippen molar-refractivity contribution in [2.45, 2.75) is 30.3 Å². The Morgan fingerprint density at radius 2 is 2.11 bits per heavy atom. The SMILES string of the molecule is CSc1ccc(-c2nc3c(s2)CCCC3O)cc1. The molecule has 1 aliphatic rings. The van der Waals surface area contributed by atoms with Crippen molar-refractivity contribution in [1.29, 1.82) is 0 Å². The molecule has 0 saturated heterocycles. The normalized spacial score (nSPS) is 18.7. The van der Waals surface area contributed by atoms with Gasteiger partial charge in [-0.15, -0.1) is 23.1 Å². The zero-order valence-corrected chi connectivity index (χ0v) is 11.9. The van der Waals surface area contributed by atoms with Crippen LogP contribution in [-0.4, -0.2) is 16.3 Å². The quantitative estimate of drug-likeness (QED) is 0.845. The van der Waals surface area contributed by atoms with Gasteiger partial charge in [0.2, 0.25) is 0 Å². The first-order valence-electron chi connectivity index (χ1n) is 6.10. The molecule has 18 heavy (non-hydrogen) atoms. The maximum absolute atomic E-state index is 9.94. The molecule has 0 amide bonds. The number of hydrogen-bond donors (Lipinski definition) is 1. The van der Waals surface area contributed by atoms with Crippen molar-refractivity contribution in [1.82, 2.24) is 4.98 Å². The minimum absolute atomic E-state index is 0.357. The van der Waals surface area contributed by atoms with Crippen LogP contribution in [0.25, 0.3) is 10.6 Å². The molecular weight excluding hydrogens is 262 g/mol. The lowest BCUT2D eigenvalue weighted by Gasteiger charge is -2.14. The standard InChI is InChI=1S/C14H15NOS2/c1-17-10-7-5-9(6-8-10)14-15-13-11(16)3-2-4-12(13)18-14/h5-8,11,16H,2-4H2,1H3. The average molecular weight is 277 g/mol. The van der Waals surface area contributed by atoms with E-state index in [1.54, 1.807) is 23.1 Å². The smallest absolute Gasteiger partial charge is 0.123 e. The number of thioether (sulfide) groups is 1. The first kappa shape index (κ1) is 12.2. The molecule has 1 N–H and O–H groups in total. The molecule has 94 valence electrons. The lowest BCUT2D eigenvalue weighted by atomic mass is 10.0. The van der Waals surface area contributed by atoms with E-state index in [9.17, 15) is 5.11 Å². The van der Waals surface area contributed by atoms with Gasteiger partial charge in [0, 0.05) is 15.3 Å². The molecule has 0 bridgehead atoms. The summed E-state index contributed by atoms with van der Waals surface area (Å²) in [5.74, 6) is 0. The highest BCUT2D eigenvalue weighted by Crippen LogP contribution is 2.37. The monoisotopic (exact) mass is 277 g/mol. The maximum atomic E-state index is 9.94. The van der Waals surface area contributed by atoms with Gasteiger partial charge >= 0.3 is 0 Å². The summed E-state index contributed by atoms with van der Waals surface area (Å²) in [5.41, 5.74) is 2.06. The Balaban J connectivity index is 1.96. The first-order valence-corrected chi connectivity index (χ1v) is 8.14. The van der Waals surface area contributed by atoms with Crippen LogP contribution in [0.3, 0.4) is 0 Å². The number of hydrogen-bond acceptors (Lipinski definition) is 4. The van der Waals surface area contributed by atoms with Gasteiger partial charge in [0.15, 0.2) is 0 Å². The van der Waals surface area contributed by atoms with E-state index in [2.05, 4.69) is 35.5 Å². The molecule has 3 rings (SSSR count). The fourth-order valence-corrected chi connectivity index (χ4v) is 3.82.